The van der Waals surface area contributed by atoms with Gasteiger partial charge in [-0.15, -0.1) is 0 Å². The van der Waals surface area contributed by atoms with Gasteiger partial charge >= 0.3 is 0 Å². The van der Waals surface area contributed by atoms with Crippen LogP contribution >= 0.6 is 15.9 Å². The molecular weight excluding hydrogens is 280 g/mol. The lowest BCUT2D eigenvalue weighted by Gasteiger charge is -1.94. The van der Waals surface area contributed by atoms with Gasteiger partial charge < -0.3 is 4.98 Å². The Labute approximate surface area is 107 Å². The molecule has 0 saturated heterocycles. The summed E-state index contributed by atoms with van der Waals surface area (Å²) in [6.07, 6.45) is 3.75. The number of aryl methyl sites for hydroxylation is 2. The molecular formula is C12H11BrN4. The van der Waals surface area contributed by atoms with E-state index in [4.69, 9.17) is 0 Å². The number of rotatable bonds is 1. The van der Waals surface area contributed by atoms with Crippen molar-refractivity contribution in [1.29, 1.82) is 0 Å². The molecule has 86 valence electrons. The average Bonchev–Trinajstić information content (AvgIpc) is 2.83. The number of fused-ring (bicyclic) bond motifs is 1. The molecule has 5 heteroatoms. The van der Waals surface area contributed by atoms with Crippen LogP contribution in [0.3, 0.4) is 0 Å². The Morgan fingerprint density at radius 3 is 2.88 bits per heavy atom. The van der Waals surface area contributed by atoms with E-state index in [9.17, 15) is 0 Å². The largest absolute Gasteiger partial charge is 0.338 e. The maximum atomic E-state index is 4.61. The summed E-state index contributed by atoms with van der Waals surface area (Å²) in [7, 11) is 1.90. The van der Waals surface area contributed by atoms with Crippen LogP contribution in [0.2, 0.25) is 0 Å². The quantitative estimate of drug-likeness (QED) is 0.749. The molecule has 1 aromatic carbocycles. The molecule has 2 aromatic heterocycles. The maximum absolute atomic E-state index is 4.61. The molecule has 4 nitrogen and oxygen atoms in total. The van der Waals surface area contributed by atoms with Gasteiger partial charge in [0.05, 0.1) is 22.8 Å². The Bertz CT molecular complexity index is 696. The first kappa shape index (κ1) is 10.5. The summed E-state index contributed by atoms with van der Waals surface area (Å²) in [5.74, 6) is 0.856. The van der Waals surface area contributed by atoms with Crippen molar-refractivity contribution in [3.8, 4) is 11.4 Å². The first-order valence-electron chi connectivity index (χ1n) is 5.28. The van der Waals surface area contributed by atoms with E-state index < -0.39 is 0 Å². The normalized spacial score (nSPS) is 11.2. The van der Waals surface area contributed by atoms with Crippen molar-refractivity contribution in [2.45, 2.75) is 6.92 Å². The van der Waals surface area contributed by atoms with Gasteiger partial charge in [0.25, 0.3) is 0 Å². The smallest absolute Gasteiger partial charge is 0.141 e. The first-order chi connectivity index (χ1) is 8.13. The zero-order valence-electron chi connectivity index (χ0n) is 9.53. The van der Waals surface area contributed by atoms with E-state index in [0.29, 0.717) is 0 Å². The van der Waals surface area contributed by atoms with Crippen molar-refractivity contribution in [3.63, 3.8) is 0 Å². The number of nitrogens with zero attached hydrogens (tertiary/aromatic N) is 3. The lowest BCUT2D eigenvalue weighted by atomic mass is 10.2. The third kappa shape index (κ3) is 1.76. The van der Waals surface area contributed by atoms with Crippen molar-refractivity contribution < 1.29 is 0 Å². The number of nitrogens with one attached hydrogen (secondary N) is 1. The molecule has 3 rings (SSSR count). The van der Waals surface area contributed by atoms with Crippen LogP contribution in [0.1, 0.15) is 5.56 Å². The van der Waals surface area contributed by atoms with Gasteiger partial charge in [-0.2, -0.15) is 5.10 Å². The minimum atomic E-state index is 0.856. The highest BCUT2D eigenvalue weighted by Gasteiger charge is 2.09. The second-order valence-electron chi connectivity index (χ2n) is 4.11. The number of H-pyrrole nitrogens is 1. The Hall–Kier alpha value is -1.62. The number of benzene rings is 1. The van der Waals surface area contributed by atoms with Crippen LogP contribution < -0.4 is 0 Å². The van der Waals surface area contributed by atoms with E-state index in [2.05, 4.69) is 44.0 Å². The van der Waals surface area contributed by atoms with Crippen molar-refractivity contribution in [3.05, 3.63) is 34.6 Å². The molecule has 0 aliphatic heterocycles. The SMILES string of the molecule is Cc1cc(Br)cc2[nH]c(-c3cnn(C)c3)nc12. The summed E-state index contributed by atoms with van der Waals surface area (Å²) in [5.41, 5.74) is 4.20. The predicted octanol–water partition coefficient (Wildman–Crippen LogP) is 3.03. The second kappa shape index (κ2) is 3.70. The fraction of sp³-hybridized carbons (Fsp3) is 0.167. The van der Waals surface area contributed by atoms with Crippen LogP contribution in [0.4, 0.5) is 0 Å². The van der Waals surface area contributed by atoms with Gasteiger partial charge in [0.1, 0.15) is 5.82 Å². The predicted molar refractivity (Wildman–Crippen MR) is 70.7 cm³/mol. The van der Waals surface area contributed by atoms with E-state index in [1.54, 1.807) is 4.68 Å². The van der Waals surface area contributed by atoms with E-state index in [1.165, 1.54) is 0 Å². The highest BCUT2D eigenvalue weighted by molar-refractivity contribution is 9.10. The zero-order chi connectivity index (χ0) is 12.0. The molecule has 0 aliphatic rings. The van der Waals surface area contributed by atoms with Crippen LogP contribution in [0.5, 0.6) is 0 Å². The van der Waals surface area contributed by atoms with Gasteiger partial charge in [0.2, 0.25) is 0 Å². The zero-order valence-corrected chi connectivity index (χ0v) is 11.1. The molecule has 1 N–H and O–H groups in total. The summed E-state index contributed by atoms with van der Waals surface area (Å²) in [6, 6.07) is 4.10. The summed E-state index contributed by atoms with van der Waals surface area (Å²) in [6.45, 7) is 2.06. The molecule has 0 unspecified atom stereocenters. The van der Waals surface area contributed by atoms with Gasteiger partial charge in [0.15, 0.2) is 0 Å². The number of aromatic amines is 1. The summed E-state index contributed by atoms with van der Waals surface area (Å²) < 4.78 is 2.83. The number of hydrogen-bond donors (Lipinski definition) is 1. The molecule has 0 spiro atoms. The lowest BCUT2D eigenvalue weighted by Crippen LogP contribution is -1.84. The third-order valence-corrected chi connectivity index (χ3v) is 3.18. The van der Waals surface area contributed by atoms with Crippen LogP contribution in [0.15, 0.2) is 29.0 Å². The summed E-state index contributed by atoms with van der Waals surface area (Å²) in [5, 5.41) is 4.15. The maximum Gasteiger partial charge on any atom is 0.141 e. The second-order valence-corrected chi connectivity index (χ2v) is 5.02. The number of imidazole rings is 1. The molecule has 0 fully saturated rings. The minimum absolute atomic E-state index is 0.856. The van der Waals surface area contributed by atoms with Gasteiger partial charge in [-0.1, -0.05) is 15.9 Å². The summed E-state index contributed by atoms with van der Waals surface area (Å²) in [4.78, 5) is 7.92. The van der Waals surface area contributed by atoms with E-state index in [0.717, 1.165) is 32.5 Å². The first-order valence-corrected chi connectivity index (χ1v) is 6.07. The van der Waals surface area contributed by atoms with Gasteiger partial charge in [0, 0.05) is 17.7 Å². The molecule has 2 heterocycles. The van der Waals surface area contributed by atoms with Gasteiger partial charge in [-0.05, 0) is 24.6 Å². The van der Waals surface area contributed by atoms with E-state index >= 15 is 0 Å². The molecule has 0 saturated carbocycles. The monoisotopic (exact) mass is 290 g/mol. The Kier molecular flexibility index (Phi) is 2.29. The van der Waals surface area contributed by atoms with Crippen LogP contribution in [0.25, 0.3) is 22.4 Å². The molecule has 0 amide bonds. The standard InChI is InChI=1S/C12H11BrN4/c1-7-3-9(13)4-10-11(7)16-12(15-10)8-5-14-17(2)6-8/h3-6H,1-2H3,(H,15,16). The topological polar surface area (TPSA) is 46.5 Å². The molecule has 0 radical (unpaired) electrons. The molecule has 0 atom stereocenters. The van der Waals surface area contributed by atoms with Crippen molar-refractivity contribution in [2.24, 2.45) is 7.05 Å². The molecule has 17 heavy (non-hydrogen) atoms. The van der Waals surface area contributed by atoms with Crippen molar-refractivity contribution >= 4 is 27.0 Å². The van der Waals surface area contributed by atoms with E-state index in [-0.39, 0.29) is 0 Å². The number of aromatic nitrogens is 4. The van der Waals surface area contributed by atoms with Crippen molar-refractivity contribution in [1.82, 2.24) is 19.7 Å². The fourth-order valence-electron chi connectivity index (χ4n) is 1.93. The Morgan fingerprint density at radius 2 is 2.18 bits per heavy atom. The van der Waals surface area contributed by atoms with Crippen LogP contribution in [0, 0.1) is 6.92 Å². The Balaban J connectivity index is 2.23. The van der Waals surface area contributed by atoms with Crippen molar-refractivity contribution in [2.75, 3.05) is 0 Å². The van der Waals surface area contributed by atoms with Crippen LogP contribution in [-0.4, -0.2) is 19.7 Å². The molecule has 0 bridgehead atoms. The summed E-state index contributed by atoms with van der Waals surface area (Å²) >= 11 is 3.49. The van der Waals surface area contributed by atoms with Gasteiger partial charge in [-0.25, -0.2) is 4.98 Å². The minimum Gasteiger partial charge on any atom is -0.338 e. The lowest BCUT2D eigenvalue weighted by molar-refractivity contribution is 0.768. The highest BCUT2D eigenvalue weighted by atomic mass is 79.9. The Morgan fingerprint density at radius 1 is 1.35 bits per heavy atom. The number of hydrogen-bond acceptors (Lipinski definition) is 2. The molecule has 3 aromatic rings. The average molecular weight is 291 g/mol. The van der Waals surface area contributed by atoms with Crippen LogP contribution in [-0.2, 0) is 7.05 Å². The third-order valence-electron chi connectivity index (χ3n) is 2.72. The molecule has 0 aliphatic carbocycles. The van der Waals surface area contributed by atoms with Gasteiger partial charge in [-0.3, -0.25) is 4.68 Å². The number of halogens is 1. The fourth-order valence-corrected chi connectivity index (χ4v) is 2.50. The van der Waals surface area contributed by atoms with E-state index in [1.807, 2.05) is 25.5 Å². The highest BCUT2D eigenvalue weighted by Crippen LogP contribution is 2.25.